The second-order valence-electron chi connectivity index (χ2n) is 4.19. The third kappa shape index (κ3) is 2.06. The van der Waals surface area contributed by atoms with Crippen molar-refractivity contribution in [3.05, 3.63) is 52.9 Å². The minimum absolute atomic E-state index is 0.891. The molecule has 3 aromatic rings. The molecule has 3 heteroatoms. The average molecular weight is 242 g/mol. The predicted molar refractivity (Wildman–Crippen MR) is 74.6 cm³/mol. The third-order valence-corrected chi connectivity index (χ3v) is 3.69. The summed E-state index contributed by atoms with van der Waals surface area (Å²) in [5, 5.41) is 9.01. The molecule has 2 nitrogen and oxygen atoms in total. The fourth-order valence-corrected chi connectivity index (χ4v) is 2.66. The van der Waals surface area contributed by atoms with Crippen molar-refractivity contribution in [1.82, 2.24) is 4.57 Å². The first-order valence-electron chi connectivity index (χ1n) is 5.63. The van der Waals surface area contributed by atoms with E-state index in [1.54, 1.807) is 11.3 Å². The van der Waals surface area contributed by atoms with Crippen molar-refractivity contribution >= 4 is 27.9 Å². The molecule has 2 aromatic heterocycles. The molecule has 86 valence electrons. The highest BCUT2D eigenvalue weighted by Gasteiger charge is 1.99. The van der Waals surface area contributed by atoms with Crippen LogP contribution in [0.2, 0.25) is 0 Å². The van der Waals surface area contributed by atoms with E-state index in [2.05, 4.69) is 64.2 Å². The smallest absolute Gasteiger partial charge is 0.0479 e. The summed E-state index contributed by atoms with van der Waals surface area (Å²) in [5.74, 6) is 0. The van der Waals surface area contributed by atoms with Gasteiger partial charge in [0.15, 0.2) is 0 Å². The Balaban J connectivity index is 1.81. The molecule has 0 bridgehead atoms. The number of anilines is 1. The lowest BCUT2D eigenvalue weighted by atomic mass is 10.2. The summed E-state index contributed by atoms with van der Waals surface area (Å²) in [6.45, 7) is 0.891. The Morgan fingerprint density at radius 3 is 3.00 bits per heavy atom. The summed E-state index contributed by atoms with van der Waals surface area (Å²) in [5.41, 5.74) is 3.78. The van der Waals surface area contributed by atoms with Crippen LogP contribution in [0.4, 0.5) is 5.69 Å². The summed E-state index contributed by atoms with van der Waals surface area (Å²) in [6, 6.07) is 10.8. The van der Waals surface area contributed by atoms with Crippen LogP contribution >= 0.6 is 11.3 Å². The van der Waals surface area contributed by atoms with E-state index in [-0.39, 0.29) is 0 Å². The highest BCUT2D eigenvalue weighted by Crippen LogP contribution is 2.20. The van der Waals surface area contributed by atoms with Crippen LogP contribution in [0.1, 0.15) is 5.56 Å². The molecule has 3 rings (SSSR count). The van der Waals surface area contributed by atoms with Crippen LogP contribution in [0.5, 0.6) is 0 Å². The number of aryl methyl sites for hydroxylation is 1. The molecule has 0 spiro atoms. The second-order valence-corrected chi connectivity index (χ2v) is 4.97. The molecular weight excluding hydrogens is 228 g/mol. The fourth-order valence-electron chi connectivity index (χ4n) is 1.99. The Bertz CT molecular complexity index is 623. The SMILES string of the molecule is Cn1ccc2cc(NCc3ccsc3)ccc21. The van der Waals surface area contributed by atoms with Crippen molar-refractivity contribution in [3.8, 4) is 0 Å². The fraction of sp³-hybridized carbons (Fsp3) is 0.143. The highest BCUT2D eigenvalue weighted by atomic mass is 32.1. The van der Waals surface area contributed by atoms with Crippen LogP contribution in [0.25, 0.3) is 10.9 Å². The van der Waals surface area contributed by atoms with Crippen molar-refractivity contribution in [3.63, 3.8) is 0 Å². The Labute approximate surface area is 105 Å². The maximum atomic E-state index is 3.45. The van der Waals surface area contributed by atoms with E-state index in [1.165, 1.54) is 22.2 Å². The number of nitrogens with one attached hydrogen (secondary N) is 1. The molecular formula is C14H14N2S. The second kappa shape index (κ2) is 4.26. The molecule has 0 radical (unpaired) electrons. The molecule has 0 amide bonds. The Kier molecular flexibility index (Phi) is 2.61. The van der Waals surface area contributed by atoms with Crippen molar-refractivity contribution in [2.24, 2.45) is 7.05 Å². The average Bonchev–Trinajstić information content (AvgIpc) is 2.97. The summed E-state index contributed by atoms with van der Waals surface area (Å²) in [7, 11) is 2.07. The van der Waals surface area contributed by atoms with E-state index in [1.807, 2.05) is 0 Å². The van der Waals surface area contributed by atoms with Gasteiger partial charge >= 0.3 is 0 Å². The standard InChI is InChI=1S/C14H14N2S/c1-16-6-4-12-8-13(2-3-14(12)16)15-9-11-5-7-17-10-11/h2-8,10,15H,9H2,1H3. The van der Waals surface area contributed by atoms with Gasteiger partial charge < -0.3 is 9.88 Å². The van der Waals surface area contributed by atoms with Crippen LogP contribution in [0.15, 0.2) is 47.3 Å². The van der Waals surface area contributed by atoms with E-state index >= 15 is 0 Å². The van der Waals surface area contributed by atoms with Crippen LogP contribution in [-0.2, 0) is 13.6 Å². The first-order chi connectivity index (χ1) is 8.33. The zero-order chi connectivity index (χ0) is 11.7. The lowest BCUT2D eigenvalue weighted by Gasteiger charge is -2.05. The van der Waals surface area contributed by atoms with E-state index < -0.39 is 0 Å². The molecule has 1 aromatic carbocycles. The molecule has 0 atom stereocenters. The van der Waals surface area contributed by atoms with Crippen LogP contribution in [0.3, 0.4) is 0 Å². The van der Waals surface area contributed by atoms with Gasteiger partial charge in [0.05, 0.1) is 0 Å². The van der Waals surface area contributed by atoms with Crippen molar-refractivity contribution < 1.29 is 0 Å². The molecule has 0 fully saturated rings. The van der Waals surface area contributed by atoms with Crippen LogP contribution in [0, 0.1) is 0 Å². The summed E-state index contributed by atoms with van der Waals surface area (Å²) >= 11 is 1.74. The number of nitrogens with zero attached hydrogens (tertiary/aromatic N) is 1. The van der Waals surface area contributed by atoms with Crippen LogP contribution in [-0.4, -0.2) is 4.57 Å². The monoisotopic (exact) mass is 242 g/mol. The molecule has 0 aliphatic heterocycles. The van der Waals surface area contributed by atoms with Gasteiger partial charge in [-0.3, -0.25) is 0 Å². The van der Waals surface area contributed by atoms with Gasteiger partial charge in [0.25, 0.3) is 0 Å². The first kappa shape index (κ1) is 10.4. The minimum atomic E-state index is 0.891. The zero-order valence-corrected chi connectivity index (χ0v) is 10.5. The van der Waals surface area contributed by atoms with Crippen molar-refractivity contribution in [2.45, 2.75) is 6.54 Å². The molecule has 0 unspecified atom stereocenters. The van der Waals surface area contributed by atoms with Gasteiger partial charge in [-0.15, -0.1) is 0 Å². The molecule has 0 saturated heterocycles. The number of hydrogen-bond donors (Lipinski definition) is 1. The maximum absolute atomic E-state index is 3.45. The minimum Gasteiger partial charge on any atom is -0.381 e. The van der Waals surface area contributed by atoms with Crippen molar-refractivity contribution in [1.29, 1.82) is 0 Å². The number of aromatic nitrogens is 1. The van der Waals surface area contributed by atoms with Crippen molar-refractivity contribution in [2.75, 3.05) is 5.32 Å². The first-order valence-corrected chi connectivity index (χ1v) is 6.57. The summed E-state index contributed by atoms with van der Waals surface area (Å²) < 4.78 is 2.14. The predicted octanol–water partition coefficient (Wildman–Crippen LogP) is 3.85. The van der Waals surface area contributed by atoms with Gasteiger partial charge in [-0.05, 0) is 46.7 Å². The molecule has 0 saturated carbocycles. The summed E-state index contributed by atoms with van der Waals surface area (Å²) in [4.78, 5) is 0. The lowest BCUT2D eigenvalue weighted by molar-refractivity contribution is 0.969. The molecule has 1 N–H and O–H groups in total. The Morgan fingerprint density at radius 2 is 2.18 bits per heavy atom. The Morgan fingerprint density at radius 1 is 1.24 bits per heavy atom. The molecule has 17 heavy (non-hydrogen) atoms. The van der Waals surface area contributed by atoms with E-state index in [4.69, 9.17) is 0 Å². The molecule has 0 aliphatic rings. The number of fused-ring (bicyclic) bond motifs is 1. The maximum Gasteiger partial charge on any atom is 0.0479 e. The molecule has 2 heterocycles. The van der Waals surface area contributed by atoms with E-state index in [0.29, 0.717) is 0 Å². The molecule has 0 aliphatic carbocycles. The zero-order valence-electron chi connectivity index (χ0n) is 9.68. The van der Waals surface area contributed by atoms with Gasteiger partial charge in [0.2, 0.25) is 0 Å². The van der Waals surface area contributed by atoms with Gasteiger partial charge in [0.1, 0.15) is 0 Å². The van der Waals surface area contributed by atoms with E-state index in [9.17, 15) is 0 Å². The van der Waals surface area contributed by atoms with Gasteiger partial charge in [0, 0.05) is 36.4 Å². The normalized spacial score (nSPS) is 10.9. The number of rotatable bonds is 3. The lowest BCUT2D eigenvalue weighted by Crippen LogP contribution is -1.97. The number of hydrogen-bond acceptors (Lipinski definition) is 2. The summed E-state index contributed by atoms with van der Waals surface area (Å²) in [6.07, 6.45) is 2.09. The Hall–Kier alpha value is -1.74. The van der Waals surface area contributed by atoms with Gasteiger partial charge in [-0.25, -0.2) is 0 Å². The third-order valence-electron chi connectivity index (χ3n) is 2.96. The largest absolute Gasteiger partial charge is 0.381 e. The van der Waals surface area contributed by atoms with E-state index in [0.717, 1.165) is 6.54 Å². The van der Waals surface area contributed by atoms with Gasteiger partial charge in [-0.1, -0.05) is 0 Å². The van der Waals surface area contributed by atoms with Gasteiger partial charge in [-0.2, -0.15) is 11.3 Å². The number of benzene rings is 1. The topological polar surface area (TPSA) is 17.0 Å². The quantitative estimate of drug-likeness (QED) is 0.738. The van der Waals surface area contributed by atoms with Crippen LogP contribution < -0.4 is 5.32 Å². The number of thiophene rings is 1. The highest BCUT2D eigenvalue weighted by molar-refractivity contribution is 7.07.